The summed E-state index contributed by atoms with van der Waals surface area (Å²) >= 11 is 1.74. The molecule has 1 fully saturated rings. The average molecular weight is 332 g/mol. The molecule has 1 N–H and O–H groups in total. The quantitative estimate of drug-likeness (QED) is 0.672. The second kappa shape index (κ2) is 7.21. The van der Waals surface area contributed by atoms with Crippen LogP contribution in [0.1, 0.15) is 17.7 Å². The highest BCUT2D eigenvalue weighted by Gasteiger charge is 2.19. The molecule has 23 heavy (non-hydrogen) atoms. The van der Waals surface area contributed by atoms with E-state index >= 15 is 0 Å². The summed E-state index contributed by atoms with van der Waals surface area (Å²) < 4.78 is 0. The molecule has 0 atom stereocenters. The minimum absolute atomic E-state index is 0.122. The van der Waals surface area contributed by atoms with Crippen molar-refractivity contribution in [3.8, 4) is 10.4 Å². The summed E-state index contributed by atoms with van der Waals surface area (Å²) in [6, 6.07) is 10.9. The van der Waals surface area contributed by atoms with Crippen LogP contribution in [0.15, 0.2) is 36.4 Å². The van der Waals surface area contributed by atoms with Crippen LogP contribution in [0.25, 0.3) is 10.4 Å². The first-order chi connectivity index (χ1) is 11.2. The molecule has 0 radical (unpaired) electrons. The Kier molecular flexibility index (Phi) is 5.05. The number of rotatable bonds is 5. The number of likely N-dealkylation sites (tertiary alicyclic amines) is 1. The Morgan fingerprint density at radius 1 is 1.17 bits per heavy atom. The fourth-order valence-electron chi connectivity index (χ4n) is 2.91. The molecule has 0 unspecified atom stereocenters. The molecule has 1 aliphatic rings. The predicted molar refractivity (Wildman–Crippen MR) is 91.5 cm³/mol. The second-order valence-electron chi connectivity index (χ2n) is 5.97. The van der Waals surface area contributed by atoms with Crippen LogP contribution in [0.5, 0.6) is 0 Å². The molecule has 1 aromatic carbocycles. The SMILES string of the molecule is O=[N+]([O-])c1ccc(-c2ccc(CN3CCC(CO)CC3)s2)cc1. The smallest absolute Gasteiger partial charge is 0.269 e. The van der Waals surface area contributed by atoms with Crippen molar-refractivity contribution in [2.45, 2.75) is 19.4 Å². The van der Waals surface area contributed by atoms with Gasteiger partial charge in [-0.25, -0.2) is 0 Å². The van der Waals surface area contributed by atoms with Gasteiger partial charge < -0.3 is 5.11 Å². The third-order valence-electron chi connectivity index (χ3n) is 4.37. The lowest BCUT2D eigenvalue weighted by molar-refractivity contribution is -0.384. The Hall–Kier alpha value is -1.76. The number of thiophene rings is 1. The highest BCUT2D eigenvalue weighted by molar-refractivity contribution is 7.15. The van der Waals surface area contributed by atoms with Crippen LogP contribution in [0.2, 0.25) is 0 Å². The number of nitro benzene ring substituents is 1. The van der Waals surface area contributed by atoms with E-state index in [2.05, 4.69) is 17.0 Å². The highest BCUT2D eigenvalue weighted by Crippen LogP contribution is 2.30. The van der Waals surface area contributed by atoms with Gasteiger partial charge in [-0.1, -0.05) is 0 Å². The van der Waals surface area contributed by atoms with Gasteiger partial charge in [-0.2, -0.15) is 0 Å². The predicted octanol–water partition coefficient (Wildman–Crippen LogP) is 3.53. The van der Waals surface area contributed by atoms with Crippen molar-refractivity contribution in [2.75, 3.05) is 19.7 Å². The van der Waals surface area contributed by atoms with Crippen LogP contribution in [0, 0.1) is 16.0 Å². The Bertz CT molecular complexity index is 661. The molecule has 0 amide bonds. The van der Waals surface area contributed by atoms with Gasteiger partial charge in [-0.05, 0) is 61.7 Å². The summed E-state index contributed by atoms with van der Waals surface area (Å²) in [5, 5.41) is 19.9. The van der Waals surface area contributed by atoms with Gasteiger partial charge in [-0.3, -0.25) is 15.0 Å². The van der Waals surface area contributed by atoms with Gasteiger partial charge in [0.25, 0.3) is 5.69 Å². The van der Waals surface area contributed by atoms with Crippen LogP contribution in [-0.2, 0) is 6.54 Å². The van der Waals surface area contributed by atoms with E-state index in [-0.39, 0.29) is 10.6 Å². The van der Waals surface area contributed by atoms with E-state index in [1.165, 1.54) is 4.88 Å². The van der Waals surface area contributed by atoms with Gasteiger partial charge in [0.2, 0.25) is 0 Å². The highest BCUT2D eigenvalue weighted by atomic mass is 32.1. The van der Waals surface area contributed by atoms with Crippen molar-refractivity contribution in [3.05, 3.63) is 51.4 Å². The number of hydrogen-bond donors (Lipinski definition) is 1. The summed E-state index contributed by atoms with van der Waals surface area (Å²) in [5.41, 5.74) is 1.14. The van der Waals surface area contributed by atoms with Crippen LogP contribution in [0.3, 0.4) is 0 Å². The van der Waals surface area contributed by atoms with Gasteiger partial charge >= 0.3 is 0 Å². The van der Waals surface area contributed by atoms with E-state index in [1.807, 2.05) is 0 Å². The maximum absolute atomic E-state index is 10.7. The lowest BCUT2D eigenvalue weighted by Gasteiger charge is -2.30. The molecule has 6 heteroatoms. The summed E-state index contributed by atoms with van der Waals surface area (Å²) in [6.45, 7) is 3.32. The van der Waals surface area contributed by atoms with E-state index in [0.717, 1.165) is 42.9 Å². The largest absolute Gasteiger partial charge is 0.396 e. The van der Waals surface area contributed by atoms with Crippen molar-refractivity contribution in [3.63, 3.8) is 0 Å². The molecule has 1 saturated heterocycles. The Labute approximate surface area is 139 Å². The summed E-state index contributed by atoms with van der Waals surface area (Å²) in [6.07, 6.45) is 2.13. The number of non-ortho nitro benzene ring substituents is 1. The van der Waals surface area contributed by atoms with E-state index < -0.39 is 0 Å². The topological polar surface area (TPSA) is 66.6 Å². The molecule has 1 aliphatic heterocycles. The number of aliphatic hydroxyl groups is 1. The van der Waals surface area contributed by atoms with Crippen molar-refractivity contribution in [1.82, 2.24) is 4.90 Å². The third kappa shape index (κ3) is 3.96. The fourth-order valence-corrected chi connectivity index (χ4v) is 3.97. The van der Waals surface area contributed by atoms with Gasteiger partial charge in [0.05, 0.1) is 4.92 Å². The zero-order chi connectivity index (χ0) is 16.2. The van der Waals surface area contributed by atoms with Crippen LogP contribution >= 0.6 is 11.3 Å². The molecule has 3 rings (SSSR count). The second-order valence-corrected chi connectivity index (χ2v) is 7.14. The maximum atomic E-state index is 10.7. The van der Waals surface area contributed by atoms with Crippen LogP contribution in [0.4, 0.5) is 5.69 Å². The van der Waals surface area contributed by atoms with E-state index in [4.69, 9.17) is 0 Å². The molecule has 122 valence electrons. The summed E-state index contributed by atoms with van der Waals surface area (Å²) in [5.74, 6) is 0.463. The molecular formula is C17H20N2O3S. The zero-order valence-corrected chi connectivity index (χ0v) is 13.7. The monoisotopic (exact) mass is 332 g/mol. The van der Waals surface area contributed by atoms with Crippen molar-refractivity contribution < 1.29 is 10.0 Å². The standard InChI is InChI=1S/C17H20N2O3S/c20-12-13-7-9-18(10-8-13)11-16-5-6-17(23-16)14-1-3-15(4-2-14)19(21)22/h1-6,13,20H,7-12H2. The van der Waals surface area contributed by atoms with E-state index in [0.29, 0.717) is 12.5 Å². The Balaban J connectivity index is 1.63. The molecule has 2 aromatic rings. The van der Waals surface area contributed by atoms with Gasteiger partial charge in [0.15, 0.2) is 0 Å². The van der Waals surface area contributed by atoms with Crippen LogP contribution < -0.4 is 0 Å². The molecule has 0 spiro atoms. The third-order valence-corrected chi connectivity index (χ3v) is 5.49. The number of piperidine rings is 1. The van der Waals surface area contributed by atoms with E-state index in [1.54, 1.807) is 35.6 Å². The van der Waals surface area contributed by atoms with Gasteiger partial charge in [0.1, 0.15) is 0 Å². The molecule has 0 bridgehead atoms. The Morgan fingerprint density at radius 3 is 2.48 bits per heavy atom. The first-order valence-corrected chi connectivity index (χ1v) is 8.64. The van der Waals surface area contributed by atoms with Crippen molar-refractivity contribution >= 4 is 17.0 Å². The zero-order valence-electron chi connectivity index (χ0n) is 12.9. The molecule has 1 aromatic heterocycles. The first-order valence-electron chi connectivity index (χ1n) is 7.82. The van der Waals surface area contributed by atoms with Crippen molar-refractivity contribution in [2.24, 2.45) is 5.92 Å². The number of hydrogen-bond acceptors (Lipinski definition) is 5. The van der Waals surface area contributed by atoms with E-state index in [9.17, 15) is 15.2 Å². The lowest BCUT2D eigenvalue weighted by Crippen LogP contribution is -2.34. The fraction of sp³-hybridized carbons (Fsp3) is 0.412. The number of benzene rings is 1. The first kappa shape index (κ1) is 16.1. The average Bonchev–Trinajstić information content (AvgIpc) is 3.04. The molecule has 5 nitrogen and oxygen atoms in total. The normalized spacial score (nSPS) is 16.6. The summed E-state index contributed by atoms with van der Waals surface area (Å²) in [4.78, 5) is 15.2. The Morgan fingerprint density at radius 2 is 1.87 bits per heavy atom. The minimum atomic E-state index is -0.375. The lowest BCUT2D eigenvalue weighted by atomic mass is 9.98. The molecule has 0 aliphatic carbocycles. The molecular weight excluding hydrogens is 312 g/mol. The minimum Gasteiger partial charge on any atom is -0.396 e. The number of aliphatic hydroxyl groups excluding tert-OH is 1. The number of nitro groups is 1. The number of nitrogens with zero attached hydrogens (tertiary/aromatic N) is 2. The molecule has 2 heterocycles. The van der Waals surface area contributed by atoms with Gasteiger partial charge in [0, 0.05) is 35.0 Å². The summed E-state index contributed by atoms with van der Waals surface area (Å²) in [7, 11) is 0. The van der Waals surface area contributed by atoms with Gasteiger partial charge in [-0.15, -0.1) is 11.3 Å². The van der Waals surface area contributed by atoms with Crippen molar-refractivity contribution in [1.29, 1.82) is 0 Å². The molecule has 0 saturated carbocycles. The van der Waals surface area contributed by atoms with Crippen LogP contribution in [-0.4, -0.2) is 34.6 Å². The maximum Gasteiger partial charge on any atom is 0.269 e.